The number of hydrogen-bond donors (Lipinski definition) is 2. The van der Waals surface area contributed by atoms with Crippen molar-refractivity contribution in [3.05, 3.63) is 58.6 Å². The van der Waals surface area contributed by atoms with Crippen LogP contribution in [0.2, 0.25) is 5.02 Å². The largest absolute Gasteiger partial charge is 0.481 e. The fraction of sp³-hybridized carbons (Fsp3) is 0.364. The molecule has 2 atom stereocenters. The number of aryl methyl sites for hydroxylation is 1. The maximum absolute atomic E-state index is 12.6. The molecule has 1 saturated heterocycles. The molecule has 0 radical (unpaired) electrons. The van der Waals surface area contributed by atoms with E-state index in [4.69, 9.17) is 21.1 Å². The highest BCUT2D eigenvalue weighted by Crippen LogP contribution is 2.22. The molecule has 2 aromatic carbocycles. The summed E-state index contributed by atoms with van der Waals surface area (Å²) in [5.74, 6) is -0.0487. The maximum atomic E-state index is 12.6. The van der Waals surface area contributed by atoms with Crippen molar-refractivity contribution in [2.45, 2.75) is 38.9 Å². The Labute approximate surface area is 175 Å². The Balaban J connectivity index is 1.61. The molecule has 2 amide bonds. The molecule has 0 aromatic heterocycles. The topological polar surface area (TPSA) is 76.7 Å². The van der Waals surface area contributed by atoms with Crippen molar-refractivity contribution < 1.29 is 19.1 Å². The van der Waals surface area contributed by atoms with Gasteiger partial charge in [-0.25, -0.2) is 0 Å². The van der Waals surface area contributed by atoms with Crippen molar-refractivity contribution in [3.63, 3.8) is 0 Å². The van der Waals surface area contributed by atoms with Gasteiger partial charge in [0.1, 0.15) is 5.75 Å². The van der Waals surface area contributed by atoms with Gasteiger partial charge in [0.2, 0.25) is 0 Å². The molecule has 29 heavy (non-hydrogen) atoms. The van der Waals surface area contributed by atoms with E-state index in [1.807, 2.05) is 6.92 Å². The van der Waals surface area contributed by atoms with Crippen molar-refractivity contribution in [1.82, 2.24) is 5.32 Å². The summed E-state index contributed by atoms with van der Waals surface area (Å²) in [6.45, 7) is 4.71. The summed E-state index contributed by atoms with van der Waals surface area (Å²) in [5, 5.41) is 6.30. The van der Waals surface area contributed by atoms with Gasteiger partial charge in [0.15, 0.2) is 6.10 Å². The molecular formula is C22H25ClN2O4. The standard InChI is InChI=1S/C22H25ClN2O4/c1-14-12-16(9-10-19(14)23)29-15(2)21(26)25-20-8-4-3-7-18(20)22(27)24-13-17-6-5-11-28-17/h3-4,7-10,12,15,17H,5-6,11,13H2,1-2H3,(H,24,27)(H,25,26)/t15-,17+/m1/s1. The van der Waals surface area contributed by atoms with E-state index in [1.165, 1.54) is 0 Å². The van der Waals surface area contributed by atoms with Crippen molar-refractivity contribution in [1.29, 1.82) is 0 Å². The first-order chi connectivity index (χ1) is 13.9. The fourth-order valence-corrected chi connectivity index (χ4v) is 3.20. The summed E-state index contributed by atoms with van der Waals surface area (Å²) in [5.41, 5.74) is 1.70. The Hall–Kier alpha value is -2.57. The van der Waals surface area contributed by atoms with Crippen molar-refractivity contribution >= 4 is 29.1 Å². The average molecular weight is 417 g/mol. The molecule has 0 unspecified atom stereocenters. The molecule has 154 valence electrons. The molecule has 2 aromatic rings. The van der Waals surface area contributed by atoms with Crippen LogP contribution in [-0.2, 0) is 9.53 Å². The number of amides is 2. The van der Waals surface area contributed by atoms with Gasteiger partial charge in [-0.15, -0.1) is 0 Å². The molecule has 1 aliphatic heterocycles. The Morgan fingerprint density at radius 3 is 2.79 bits per heavy atom. The van der Waals surface area contributed by atoms with Gasteiger partial charge >= 0.3 is 0 Å². The van der Waals surface area contributed by atoms with Gasteiger partial charge in [0.25, 0.3) is 11.8 Å². The van der Waals surface area contributed by atoms with E-state index in [9.17, 15) is 9.59 Å². The summed E-state index contributed by atoms with van der Waals surface area (Å²) in [7, 11) is 0. The SMILES string of the molecule is Cc1cc(O[C@H](C)C(=O)Nc2ccccc2C(=O)NC[C@@H]2CCCO2)ccc1Cl. The summed E-state index contributed by atoms with van der Waals surface area (Å²) in [4.78, 5) is 25.2. The molecular weight excluding hydrogens is 392 g/mol. The Morgan fingerprint density at radius 2 is 2.07 bits per heavy atom. The van der Waals surface area contributed by atoms with Gasteiger partial charge in [-0.1, -0.05) is 23.7 Å². The van der Waals surface area contributed by atoms with E-state index >= 15 is 0 Å². The maximum Gasteiger partial charge on any atom is 0.265 e. The molecule has 2 N–H and O–H groups in total. The highest BCUT2D eigenvalue weighted by atomic mass is 35.5. The number of benzene rings is 2. The van der Waals surface area contributed by atoms with Crippen LogP contribution in [0.4, 0.5) is 5.69 Å². The lowest BCUT2D eigenvalue weighted by Gasteiger charge is -2.17. The third kappa shape index (κ3) is 5.71. The quantitative estimate of drug-likeness (QED) is 0.716. The zero-order valence-corrected chi connectivity index (χ0v) is 17.3. The van der Waals surface area contributed by atoms with E-state index in [2.05, 4.69) is 10.6 Å². The monoisotopic (exact) mass is 416 g/mol. The van der Waals surface area contributed by atoms with Gasteiger partial charge in [0.05, 0.1) is 17.4 Å². The van der Waals surface area contributed by atoms with Crippen molar-refractivity contribution in [3.8, 4) is 5.75 Å². The molecule has 1 heterocycles. The van der Waals surface area contributed by atoms with E-state index in [1.54, 1.807) is 49.4 Å². The number of anilines is 1. The van der Waals surface area contributed by atoms with Crippen LogP contribution in [0.3, 0.4) is 0 Å². The van der Waals surface area contributed by atoms with E-state index in [0.717, 1.165) is 25.0 Å². The van der Waals surface area contributed by atoms with E-state index < -0.39 is 6.10 Å². The van der Waals surface area contributed by atoms with Crippen LogP contribution in [0.5, 0.6) is 5.75 Å². The Kier molecular flexibility index (Phi) is 7.12. The molecule has 0 aliphatic carbocycles. The van der Waals surface area contributed by atoms with Gasteiger partial charge in [0, 0.05) is 18.2 Å². The smallest absolute Gasteiger partial charge is 0.265 e. The number of nitrogens with one attached hydrogen (secondary N) is 2. The Bertz CT molecular complexity index is 881. The van der Waals surface area contributed by atoms with Gasteiger partial charge in [-0.2, -0.15) is 0 Å². The second-order valence-corrected chi connectivity index (χ2v) is 7.46. The lowest BCUT2D eigenvalue weighted by molar-refractivity contribution is -0.122. The van der Waals surface area contributed by atoms with Crippen LogP contribution in [-0.4, -0.2) is 37.2 Å². The van der Waals surface area contributed by atoms with Crippen molar-refractivity contribution in [2.75, 3.05) is 18.5 Å². The predicted octanol–water partition coefficient (Wildman–Crippen LogP) is 3.96. The number of carbonyl (C=O) groups is 2. The van der Waals surface area contributed by atoms with Crippen LogP contribution in [0.15, 0.2) is 42.5 Å². The molecule has 1 fully saturated rings. The second kappa shape index (κ2) is 9.76. The number of hydrogen-bond acceptors (Lipinski definition) is 4. The molecule has 0 bridgehead atoms. The number of rotatable bonds is 7. The lowest BCUT2D eigenvalue weighted by atomic mass is 10.1. The molecule has 0 spiro atoms. The number of carbonyl (C=O) groups excluding carboxylic acids is 2. The van der Waals surface area contributed by atoms with Crippen LogP contribution in [0, 0.1) is 6.92 Å². The predicted molar refractivity (Wildman–Crippen MR) is 113 cm³/mol. The zero-order chi connectivity index (χ0) is 20.8. The normalized spacial score (nSPS) is 16.9. The van der Waals surface area contributed by atoms with Gasteiger partial charge in [-0.3, -0.25) is 9.59 Å². The molecule has 1 aliphatic rings. The molecule has 0 saturated carbocycles. The Morgan fingerprint density at radius 1 is 1.28 bits per heavy atom. The zero-order valence-electron chi connectivity index (χ0n) is 16.5. The summed E-state index contributed by atoms with van der Waals surface area (Å²) >= 11 is 6.02. The van der Waals surface area contributed by atoms with Crippen LogP contribution >= 0.6 is 11.6 Å². The van der Waals surface area contributed by atoms with Crippen LogP contribution in [0.25, 0.3) is 0 Å². The van der Waals surface area contributed by atoms with Gasteiger partial charge in [-0.05, 0) is 62.6 Å². The lowest BCUT2D eigenvalue weighted by Crippen LogP contribution is -2.34. The molecule has 6 nitrogen and oxygen atoms in total. The highest BCUT2D eigenvalue weighted by molar-refractivity contribution is 6.31. The summed E-state index contributed by atoms with van der Waals surface area (Å²) < 4.78 is 11.2. The summed E-state index contributed by atoms with van der Waals surface area (Å²) in [6.07, 6.45) is 1.26. The average Bonchev–Trinajstić information content (AvgIpc) is 3.23. The van der Waals surface area contributed by atoms with Crippen molar-refractivity contribution in [2.24, 2.45) is 0 Å². The minimum Gasteiger partial charge on any atom is -0.481 e. The number of para-hydroxylation sites is 1. The third-order valence-electron chi connectivity index (χ3n) is 4.76. The van der Waals surface area contributed by atoms with Crippen LogP contribution in [0.1, 0.15) is 35.7 Å². The third-order valence-corrected chi connectivity index (χ3v) is 5.18. The van der Waals surface area contributed by atoms with E-state index in [0.29, 0.717) is 28.6 Å². The van der Waals surface area contributed by atoms with E-state index in [-0.39, 0.29) is 17.9 Å². The van der Waals surface area contributed by atoms with Crippen LogP contribution < -0.4 is 15.4 Å². The first-order valence-corrected chi connectivity index (χ1v) is 10.0. The van der Waals surface area contributed by atoms with Gasteiger partial charge < -0.3 is 20.1 Å². The minimum atomic E-state index is -0.751. The molecule has 3 rings (SSSR count). The minimum absolute atomic E-state index is 0.0527. The fourth-order valence-electron chi connectivity index (χ4n) is 3.08. The summed E-state index contributed by atoms with van der Waals surface area (Å²) in [6, 6.07) is 12.1. The molecule has 7 heteroatoms. The first kappa shape index (κ1) is 21.1. The second-order valence-electron chi connectivity index (χ2n) is 7.05. The highest BCUT2D eigenvalue weighted by Gasteiger charge is 2.20. The number of ether oxygens (including phenoxy) is 2. The first-order valence-electron chi connectivity index (χ1n) is 9.66. The number of halogens is 1.